The summed E-state index contributed by atoms with van der Waals surface area (Å²) in [7, 11) is -4.69. The predicted molar refractivity (Wildman–Crippen MR) is 110 cm³/mol. The lowest BCUT2D eigenvalue weighted by molar-refractivity contribution is 0.589. The average Bonchev–Trinajstić information content (AvgIpc) is 3.10. The lowest BCUT2D eigenvalue weighted by Crippen LogP contribution is -2.12. The molecule has 0 aliphatic carbocycles. The lowest BCUT2D eigenvalue weighted by atomic mass is 10.2. The van der Waals surface area contributed by atoms with Crippen molar-refractivity contribution >= 4 is 47.6 Å². The summed E-state index contributed by atoms with van der Waals surface area (Å²) in [6.45, 7) is 1.85. The van der Waals surface area contributed by atoms with Crippen LogP contribution in [0.3, 0.4) is 0 Å². The molecule has 0 saturated heterocycles. The lowest BCUT2D eigenvalue weighted by Gasteiger charge is -2.11. The zero-order chi connectivity index (χ0) is 20.7. The molecule has 148 valence electrons. The van der Waals surface area contributed by atoms with Crippen LogP contribution in [0.5, 0.6) is 0 Å². The van der Waals surface area contributed by atoms with Gasteiger partial charge in [-0.3, -0.25) is 0 Å². The van der Waals surface area contributed by atoms with E-state index in [0.29, 0.717) is 5.02 Å². The first-order chi connectivity index (χ1) is 13.0. The third-order valence-electron chi connectivity index (χ3n) is 3.91. The molecule has 28 heavy (non-hydrogen) atoms. The third-order valence-corrected chi connectivity index (χ3v) is 9.34. The summed E-state index contributed by atoms with van der Waals surface area (Å²) in [5, 5.41) is 0.363. The van der Waals surface area contributed by atoms with Crippen molar-refractivity contribution in [3.63, 3.8) is 0 Å². The standard InChI is InChI=1S/C18H17ClN2O4S3/c1-12-4-8-14(9-5-12)27(22,23)16-17(21(2)3)26-18(20-16)28(24,25)15-10-6-13(19)7-11-15/h4-11H,1-3H3. The minimum atomic E-state index is -3.99. The van der Waals surface area contributed by atoms with Crippen LogP contribution in [0.1, 0.15) is 5.56 Å². The van der Waals surface area contributed by atoms with Crippen LogP contribution in [0.2, 0.25) is 5.02 Å². The summed E-state index contributed by atoms with van der Waals surface area (Å²) >= 11 is 6.64. The van der Waals surface area contributed by atoms with Crippen LogP contribution >= 0.6 is 22.9 Å². The number of aromatic nitrogens is 1. The molecule has 0 fully saturated rings. The Kier molecular flexibility index (Phi) is 5.55. The predicted octanol–water partition coefficient (Wildman–Crippen LogP) is 3.84. The quantitative estimate of drug-likeness (QED) is 0.580. The van der Waals surface area contributed by atoms with Gasteiger partial charge in [0.15, 0.2) is 5.03 Å². The fraction of sp³-hybridized carbons (Fsp3) is 0.167. The molecule has 6 nitrogen and oxygen atoms in total. The summed E-state index contributed by atoms with van der Waals surface area (Å²) in [4.78, 5) is 5.63. The zero-order valence-electron chi connectivity index (χ0n) is 15.2. The number of sulfone groups is 2. The molecule has 10 heteroatoms. The van der Waals surface area contributed by atoms with Crippen LogP contribution in [-0.4, -0.2) is 35.9 Å². The molecule has 0 bridgehead atoms. The Morgan fingerprint density at radius 2 is 1.36 bits per heavy atom. The molecule has 0 N–H and O–H groups in total. The number of benzene rings is 2. The summed E-state index contributed by atoms with van der Waals surface area (Å²) in [6, 6.07) is 12.0. The van der Waals surface area contributed by atoms with Crippen molar-refractivity contribution in [2.75, 3.05) is 19.0 Å². The molecule has 1 heterocycles. The SMILES string of the molecule is Cc1ccc(S(=O)(=O)c2nc(S(=O)(=O)c3ccc(Cl)cc3)sc2N(C)C)cc1. The van der Waals surface area contributed by atoms with Gasteiger partial charge in [-0.2, -0.15) is 0 Å². The van der Waals surface area contributed by atoms with Gasteiger partial charge in [0.2, 0.25) is 24.0 Å². The highest BCUT2D eigenvalue weighted by Crippen LogP contribution is 2.38. The van der Waals surface area contributed by atoms with Crippen LogP contribution in [0.25, 0.3) is 0 Å². The van der Waals surface area contributed by atoms with Crippen molar-refractivity contribution in [3.8, 4) is 0 Å². The molecule has 0 saturated carbocycles. The first-order valence-electron chi connectivity index (χ1n) is 8.04. The summed E-state index contributed by atoms with van der Waals surface area (Å²) in [5.41, 5.74) is 0.913. The van der Waals surface area contributed by atoms with Gasteiger partial charge in [0.25, 0.3) is 0 Å². The fourth-order valence-electron chi connectivity index (χ4n) is 2.40. The molecule has 0 aliphatic heterocycles. The van der Waals surface area contributed by atoms with Crippen molar-refractivity contribution in [2.24, 2.45) is 0 Å². The maximum absolute atomic E-state index is 13.1. The van der Waals surface area contributed by atoms with Crippen LogP contribution in [0.4, 0.5) is 5.00 Å². The molecule has 0 radical (unpaired) electrons. The van der Waals surface area contributed by atoms with E-state index in [4.69, 9.17) is 11.6 Å². The first kappa shape index (κ1) is 20.8. The molecule has 3 aromatic rings. The van der Waals surface area contributed by atoms with Gasteiger partial charge in [0.05, 0.1) is 9.79 Å². The number of thiazole rings is 1. The van der Waals surface area contributed by atoms with E-state index in [9.17, 15) is 16.8 Å². The maximum Gasteiger partial charge on any atom is 0.233 e. The minimum absolute atomic E-state index is 0.00441. The number of rotatable bonds is 5. The Hall–Kier alpha value is -1.94. The van der Waals surface area contributed by atoms with Gasteiger partial charge in [0, 0.05) is 19.1 Å². The second-order valence-corrected chi connectivity index (χ2v) is 11.7. The van der Waals surface area contributed by atoms with Gasteiger partial charge in [-0.1, -0.05) is 40.6 Å². The molecule has 1 aromatic heterocycles. The van der Waals surface area contributed by atoms with Gasteiger partial charge in [-0.25, -0.2) is 21.8 Å². The van der Waals surface area contributed by atoms with E-state index in [1.165, 1.54) is 36.4 Å². The number of anilines is 1. The van der Waals surface area contributed by atoms with Crippen LogP contribution in [0.15, 0.2) is 67.7 Å². The Labute approximate surface area is 173 Å². The summed E-state index contributed by atoms with van der Waals surface area (Å²) in [5.74, 6) is 0. The second-order valence-electron chi connectivity index (χ2n) is 6.26. The van der Waals surface area contributed by atoms with Gasteiger partial charge in [0.1, 0.15) is 5.00 Å². The van der Waals surface area contributed by atoms with E-state index < -0.39 is 19.7 Å². The molecule has 0 atom stereocenters. The van der Waals surface area contributed by atoms with E-state index in [2.05, 4.69) is 4.98 Å². The van der Waals surface area contributed by atoms with Gasteiger partial charge in [-0.15, -0.1) is 0 Å². The van der Waals surface area contributed by atoms with Crippen molar-refractivity contribution in [2.45, 2.75) is 26.1 Å². The van der Waals surface area contributed by atoms with E-state index in [1.54, 1.807) is 31.1 Å². The Bertz CT molecular complexity index is 1210. The highest BCUT2D eigenvalue weighted by Gasteiger charge is 2.32. The van der Waals surface area contributed by atoms with Crippen LogP contribution < -0.4 is 4.90 Å². The third kappa shape index (κ3) is 3.80. The smallest absolute Gasteiger partial charge is 0.233 e. The highest BCUT2D eigenvalue weighted by molar-refractivity contribution is 7.94. The first-order valence-corrected chi connectivity index (χ1v) is 12.2. The Morgan fingerprint density at radius 1 is 0.857 bits per heavy atom. The molecule has 3 rings (SSSR count). The minimum Gasteiger partial charge on any atom is -0.367 e. The maximum atomic E-state index is 13.1. The Morgan fingerprint density at radius 3 is 1.89 bits per heavy atom. The fourth-order valence-corrected chi connectivity index (χ4v) is 6.92. The molecule has 0 spiro atoms. The number of hydrogen-bond acceptors (Lipinski definition) is 7. The zero-order valence-corrected chi connectivity index (χ0v) is 18.5. The van der Waals surface area contributed by atoms with Crippen LogP contribution in [0, 0.1) is 6.92 Å². The van der Waals surface area contributed by atoms with Crippen molar-refractivity contribution in [1.82, 2.24) is 4.98 Å². The van der Waals surface area contributed by atoms with Gasteiger partial charge >= 0.3 is 0 Å². The molecule has 0 amide bonds. The number of nitrogens with zero attached hydrogens (tertiary/aromatic N) is 2. The van der Waals surface area contributed by atoms with Gasteiger partial charge < -0.3 is 4.90 Å². The van der Waals surface area contributed by atoms with E-state index in [1.807, 2.05) is 6.92 Å². The largest absolute Gasteiger partial charge is 0.367 e. The number of aryl methyl sites for hydroxylation is 1. The van der Waals surface area contributed by atoms with E-state index in [0.717, 1.165) is 16.9 Å². The topological polar surface area (TPSA) is 84.4 Å². The monoisotopic (exact) mass is 456 g/mol. The second kappa shape index (κ2) is 7.47. The van der Waals surface area contributed by atoms with Crippen LogP contribution in [-0.2, 0) is 19.7 Å². The van der Waals surface area contributed by atoms with E-state index in [-0.39, 0.29) is 24.2 Å². The highest BCUT2D eigenvalue weighted by atomic mass is 35.5. The number of hydrogen-bond donors (Lipinski definition) is 0. The van der Waals surface area contributed by atoms with Crippen molar-refractivity contribution < 1.29 is 16.8 Å². The molecular weight excluding hydrogens is 440 g/mol. The normalized spacial score (nSPS) is 12.1. The van der Waals surface area contributed by atoms with Gasteiger partial charge in [-0.05, 0) is 43.3 Å². The van der Waals surface area contributed by atoms with Crippen molar-refractivity contribution in [1.29, 1.82) is 0 Å². The summed E-state index contributed by atoms with van der Waals surface area (Å²) < 4.78 is 51.8. The molecule has 0 aliphatic rings. The molecular formula is C18H17ClN2O4S3. The molecule has 0 unspecified atom stereocenters. The summed E-state index contributed by atoms with van der Waals surface area (Å²) in [6.07, 6.45) is 0. The average molecular weight is 457 g/mol. The van der Waals surface area contributed by atoms with E-state index >= 15 is 0 Å². The van der Waals surface area contributed by atoms with Crippen molar-refractivity contribution in [3.05, 3.63) is 59.1 Å². The number of halogens is 1. The Balaban J connectivity index is 2.18. The molecule has 2 aromatic carbocycles.